The highest BCUT2D eigenvalue weighted by atomic mass is 32.1. The number of nitrogens with zero attached hydrogens (tertiary/aromatic N) is 2. The first-order valence-electron chi connectivity index (χ1n) is 6.09. The fourth-order valence-electron chi connectivity index (χ4n) is 1.80. The number of para-hydroxylation sites is 1. The van der Waals surface area contributed by atoms with Gasteiger partial charge < -0.3 is 14.8 Å². The van der Waals surface area contributed by atoms with E-state index in [0.717, 1.165) is 30.0 Å². The van der Waals surface area contributed by atoms with Crippen molar-refractivity contribution in [1.82, 2.24) is 8.75 Å². The van der Waals surface area contributed by atoms with Crippen LogP contribution in [0.3, 0.4) is 0 Å². The topological polar surface area (TPSA) is 56.3 Å². The zero-order chi connectivity index (χ0) is 13.7. The number of aromatic nitrogens is 2. The molecule has 19 heavy (non-hydrogen) atoms. The Bertz CT molecular complexity index is 542. The minimum Gasteiger partial charge on any atom is -0.493 e. The second-order valence-electron chi connectivity index (χ2n) is 3.93. The van der Waals surface area contributed by atoms with Gasteiger partial charge in [0.25, 0.3) is 0 Å². The van der Waals surface area contributed by atoms with E-state index >= 15 is 0 Å². The second kappa shape index (κ2) is 6.38. The molecule has 0 aliphatic heterocycles. The molecular weight excluding hydrogens is 262 g/mol. The molecule has 1 heterocycles. The summed E-state index contributed by atoms with van der Waals surface area (Å²) in [7, 11) is 3.25. The van der Waals surface area contributed by atoms with Crippen LogP contribution in [0.2, 0.25) is 0 Å². The molecule has 0 bridgehead atoms. The molecule has 0 spiro atoms. The van der Waals surface area contributed by atoms with Crippen LogP contribution < -0.4 is 14.8 Å². The minimum absolute atomic E-state index is 0.678. The molecule has 2 aromatic rings. The molecule has 0 aliphatic rings. The third kappa shape index (κ3) is 2.78. The van der Waals surface area contributed by atoms with Gasteiger partial charge in [-0.3, -0.25) is 0 Å². The molecule has 0 radical (unpaired) electrons. The van der Waals surface area contributed by atoms with E-state index in [2.05, 4.69) is 21.0 Å². The summed E-state index contributed by atoms with van der Waals surface area (Å²) in [5.41, 5.74) is 1.68. The lowest BCUT2D eigenvalue weighted by molar-refractivity contribution is 0.356. The number of hydrogen-bond donors (Lipinski definition) is 1. The predicted molar refractivity (Wildman–Crippen MR) is 77.2 cm³/mol. The molecule has 1 aromatic heterocycles. The van der Waals surface area contributed by atoms with E-state index in [1.54, 1.807) is 14.2 Å². The molecule has 0 saturated heterocycles. The fraction of sp³-hybridized carbons (Fsp3) is 0.385. The predicted octanol–water partition coefficient (Wildman–Crippen LogP) is 3.04. The third-order valence-electron chi connectivity index (χ3n) is 2.69. The van der Waals surface area contributed by atoms with E-state index in [9.17, 15) is 0 Å². The van der Waals surface area contributed by atoms with Gasteiger partial charge in [-0.15, -0.1) is 0 Å². The van der Waals surface area contributed by atoms with Crippen molar-refractivity contribution in [2.75, 3.05) is 26.1 Å². The average molecular weight is 279 g/mol. The van der Waals surface area contributed by atoms with Crippen molar-refractivity contribution >= 4 is 17.5 Å². The lowest BCUT2D eigenvalue weighted by Crippen LogP contribution is -2.02. The van der Waals surface area contributed by atoms with E-state index in [4.69, 9.17) is 9.47 Å². The molecule has 0 aliphatic carbocycles. The summed E-state index contributed by atoms with van der Waals surface area (Å²) in [4.78, 5) is 0. The van der Waals surface area contributed by atoms with E-state index in [1.807, 2.05) is 18.2 Å². The van der Waals surface area contributed by atoms with Gasteiger partial charge in [-0.1, -0.05) is 13.0 Å². The Morgan fingerprint density at radius 1 is 1.21 bits per heavy atom. The molecular formula is C13H17N3O2S. The van der Waals surface area contributed by atoms with Crippen molar-refractivity contribution < 1.29 is 9.47 Å². The molecule has 0 fully saturated rings. The molecule has 0 unspecified atom stereocenters. The molecule has 0 atom stereocenters. The highest BCUT2D eigenvalue weighted by Crippen LogP contribution is 2.39. The molecule has 0 saturated carbocycles. The average Bonchev–Trinajstić information content (AvgIpc) is 2.92. The van der Waals surface area contributed by atoms with E-state index < -0.39 is 0 Å². The summed E-state index contributed by atoms with van der Waals surface area (Å²) in [5.74, 6) is 2.16. The van der Waals surface area contributed by atoms with Crippen LogP contribution in [0.25, 0.3) is 11.3 Å². The Balaban J connectivity index is 2.44. The zero-order valence-electron chi connectivity index (χ0n) is 11.3. The van der Waals surface area contributed by atoms with E-state index in [0.29, 0.717) is 11.5 Å². The number of anilines is 1. The molecule has 5 nitrogen and oxygen atoms in total. The lowest BCUT2D eigenvalue weighted by Gasteiger charge is -2.12. The summed E-state index contributed by atoms with van der Waals surface area (Å²) in [6.45, 7) is 2.98. The smallest absolute Gasteiger partial charge is 0.170 e. The van der Waals surface area contributed by atoms with Gasteiger partial charge in [-0.05, 0) is 18.6 Å². The van der Waals surface area contributed by atoms with E-state index in [1.165, 1.54) is 11.7 Å². The Morgan fingerprint density at radius 2 is 2.05 bits per heavy atom. The largest absolute Gasteiger partial charge is 0.493 e. The number of nitrogens with one attached hydrogen (secondary N) is 1. The third-order valence-corrected chi connectivity index (χ3v) is 3.22. The molecule has 1 aromatic carbocycles. The van der Waals surface area contributed by atoms with Gasteiger partial charge in [0.1, 0.15) is 5.69 Å². The fourth-order valence-corrected chi connectivity index (χ4v) is 2.34. The van der Waals surface area contributed by atoms with Crippen LogP contribution in [0, 0.1) is 0 Å². The van der Waals surface area contributed by atoms with Crippen LogP contribution >= 0.6 is 11.7 Å². The van der Waals surface area contributed by atoms with Gasteiger partial charge in [0.15, 0.2) is 17.3 Å². The summed E-state index contributed by atoms with van der Waals surface area (Å²) in [5, 5.41) is 3.27. The maximum absolute atomic E-state index is 5.43. The molecule has 0 amide bonds. The highest BCUT2D eigenvalue weighted by molar-refractivity contribution is 6.99. The van der Waals surface area contributed by atoms with Crippen LogP contribution in [0.15, 0.2) is 18.2 Å². The Morgan fingerprint density at radius 3 is 2.74 bits per heavy atom. The first kappa shape index (κ1) is 13.6. The molecule has 1 N–H and O–H groups in total. The van der Waals surface area contributed by atoms with Gasteiger partial charge in [0, 0.05) is 6.54 Å². The minimum atomic E-state index is 0.678. The van der Waals surface area contributed by atoms with Gasteiger partial charge >= 0.3 is 0 Å². The van der Waals surface area contributed by atoms with Crippen molar-refractivity contribution in [3.63, 3.8) is 0 Å². The summed E-state index contributed by atoms with van der Waals surface area (Å²) < 4.78 is 19.4. The molecule has 6 heteroatoms. The first-order valence-corrected chi connectivity index (χ1v) is 6.82. The number of hydrogen-bond acceptors (Lipinski definition) is 6. The molecule has 2 rings (SSSR count). The quantitative estimate of drug-likeness (QED) is 0.880. The van der Waals surface area contributed by atoms with Crippen molar-refractivity contribution in [2.24, 2.45) is 0 Å². The van der Waals surface area contributed by atoms with Gasteiger partial charge in [0.2, 0.25) is 0 Å². The highest BCUT2D eigenvalue weighted by Gasteiger charge is 2.17. The van der Waals surface area contributed by atoms with Gasteiger partial charge in [-0.25, -0.2) is 0 Å². The summed E-state index contributed by atoms with van der Waals surface area (Å²) in [6, 6.07) is 5.73. The summed E-state index contributed by atoms with van der Waals surface area (Å²) in [6.07, 6.45) is 1.03. The van der Waals surface area contributed by atoms with Gasteiger partial charge in [0.05, 0.1) is 31.5 Å². The van der Waals surface area contributed by atoms with Crippen LogP contribution in [0.5, 0.6) is 11.5 Å². The van der Waals surface area contributed by atoms with Crippen LogP contribution in [-0.2, 0) is 0 Å². The lowest BCUT2D eigenvalue weighted by atomic mass is 10.1. The summed E-state index contributed by atoms with van der Waals surface area (Å²) >= 11 is 1.19. The second-order valence-corrected chi connectivity index (χ2v) is 4.46. The van der Waals surface area contributed by atoms with Crippen LogP contribution in [0.4, 0.5) is 5.82 Å². The standard InChI is InChI=1S/C13H17N3O2S/c1-4-8-14-13-11(15-19-16-13)9-6-5-7-10(17-2)12(9)18-3/h5-7H,4,8H2,1-3H3,(H,14,16). The number of ether oxygens (including phenoxy) is 2. The maximum Gasteiger partial charge on any atom is 0.170 e. The zero-order valence-corrected chi connectivity index (χ0v) is 12.1. The monoisotopic (exact) mass is 279 g/mol. The van der Waals surface area contributed by atoms with Crippen molar-refractivity contribution in [3.05, 3.63) is 18.2 Å². The van der Waals surface area contributed by atoms with Crippen molar-refractivity contribution in [2.45, 2.75) is 13.3 Å². The van der Waals surface area contributed by atoms with E-state index in [-0.39, 0.29) is 0 Å². The Hall–Kier alpha value is -1.82. The number of rotatable bonds is 6. The number of methoxy groups -OCH3 is 2. The normalized spacial score (nSPS) is 10.3. The molecule has 102 valence electrons. The number of benzene rings is 1. The maximum atomic E-state index is 5.43. The Kier molecular flexibility index (Phi) is 4.57. The van der Waals surface area contributed by atoms with Crippen molar-refractivity contribution in [3.8, 4) is 22.8 Å². The van der Waals surface area contributed by atoms with Gasteiger partial charge in [-0.2, -0.15) is 8.75 Å². The van der Waals surface area contributed by atoms with Crippen molar-refractivity contribution in [1.29, 1.82) is 0 Å². The van der Waals surface area contributed by atoms with Crippen LogP contribution in [-0.4, -0.2) is 29.5 Å². The first-order chi connectivity index (χ1) is 9.31. The Labute approximate surface area is 116 Å². The van der Waals surface area contributed by atoms with Crippen LogP contribution in [0.1, 0.15) is 13.3 Å². The SMILES string of the molecule is CCCNc1nsnc1-c1cccc(OC)c1OC.